The van der Waals surface area contributed by atoms with Crippen molar-refractivity contribution in [1.82, 2.24) is 4.90 Å². The van der Waals surface area contributed by atoms with E-state index in [0.717, 1.165) is 82.2 Å². The van der Waals surface area contributed by atoms with Crippen molar-refractivity contribution in [1.29, 1.82) is 0 Å². The number of ether oxygens (including phenoxy) is 3. The molecule has 1 amide bonds. The minimum absolute atomic E-state index is 0.0282. The van der Waals surface area contributed by atoms with Gasteiger partial charge in [-0.05, 0) is 136 Å². The maximum absolute atomic E-state index is 15.9. The van der Waals surface area contributed by atoms with Gasteiger partial charge in [-0.3, -0.25) is 4.79 Å². The highest BCUT2D eigenvalue weighted by Gasteiger charge is 2.40. The minimum atomic E-state index is -1.01. The number of hydrogen-bond donors (Lipinski definition) is 0. The summed E-state index contributed by atoms with van der Waals surface area (Å²) in [5.74, 6) is 0.736. The first kappa shape index (κ1) is 34.4. The lowest BCUT2D eigenvalue weighted by Crippen LogP contribution is -2.39. The summed E-state index contributed by atoms with van der Waals surface area (Å²) >= 11 is 0. The van der Waals surface area contributed by atoms with E-state index in [1.807, 2.05) is 39.5 Å². The molecule has 1 unspecified atom stereocenters. The van der Waals surface area contributed by atoms with E-state index >= 15 is 4.39 Å². The number of halogens is 1. The molecular formula is C39H54FNO5. The zero-order valence-corrected chi connectivity index (χ0v) is 29.7. The summed E-state index contributed by atoms with van der Waals surface area (Å²) in [7, 11) is 0. The van der Waals surface area contributed by atoms with Crippen LogP contribution in [0.25, 0.3) is 11.1 Å². The van der Waals surface area contributed by atoms with Gasteiger partial charge in [0, 0.05) is 31.1 Å². The van der Waals surface area contributed by atoms with Gasteiger partial charge in [0.2, 0.25) is 5.91 Å². The third-order valence-electron chi connectivity index (χ3n) is 10.6. The lowest BCUT2D eigenvalue weighted by Gasteiger charge is -2.39. The van der Waals surface area contributed by atoms with Crippen LogP contribution in [0.5, 0.6) is 5.75 Å². The molecule has 0 spiro atoms. The molecule has 2 aromatic rings. The molecule has 1 aliphatic carbocycles. The lowest BCUT2D eigenvalue weighted by molar-refractivity contribution is -0.178. The second-order valence-electron chi connectivity index (χ2n) is 15.4. The summed E-state index contributed by atoms with van der Waals surface area (Å²) in [6, 6.07) is 1.57. The first-order valence-electron chi connectivity index (χ1n) is 17.3. The van der Waals surface area contributed by atoms with Crippen LogP contribution in [-0.4, -0.2) is 41.6 Å². The summed E-state index contributed by atoms with van der Waals surface area (Å²) in [6.45, 7) is 21.8. The van der Waals surface area contributed by atoms with Crippen molar-refractivity contribution in [3.63, 3.8) is 0 Å². The summed E-state index contributed by atoms with van der Waals surface area (Å²) in [6.07, 6.45) is 4.02. The SMILES string of the molecule is CC(=O)N1CCc2c(C)c([C@H](OC(C)(C)C)C(=O)OC3C[C@H](C)CC[C@H]3C(C)C)c(-c3cc(F)c4c(c3C)CCCO4)c(C)c2C1. The lowest BCUT2D eigenvalue weighted by atomic mass is 9.75. The highest BCUT2D eigenvalue weighted by Crippen LogP contribution is 2.47. The van der Waals surface area contributed by atoms with Crippen molar-refractivity contribution < 1.29 is 28.2 Å². The Labute approximate surface area is 275 Å². The molecule has 6 nitrogen and oxygen atoms in total. The predicted octanol–water partition coefficient (Wildman–Crippen LogP) is 8.51. The Balaban J connectivity index is 1.74. The van der Waals surface area contributed by atoms with Gasteiger partial charge in [0.1, 0.15) is 6.10 Å². The fourth-order valence-electron chi connectivity index (χ4n) is 8.13. The standard InChI is InChI=1S/C39H54FNO5/c1-21(2)27-14-13-22(3)18-33(27)45-38(43)37(46-39(8,9)10)35-24(5)28-15-16-41(26(7)42)20-31(28)25(6)34(35)30-19-32(40)36-29(23(30)4)12-11-17-44-36/h19,21-22,27,33,37H,11-18,20H2,1-10H3/t22-,27+,33?,37+/m1/s1. The fourth-order valence-corrected chi connectivity index (χ4v) is 8.13. The van der Waals surface area contributed by atoms with Crippen LogP contribution in [0.2, 0.25) is 0 Å². The number of nitrogens with zero attached hydrogens (tertiary/aromatic N) is 1. The molecule has 4 atom stereocenters. The average Bonchev–Trinajstić information content (AvgIpc) is 2.99. The Hall–Kier alpha value is -2.93. The Morgan fingerprint density at radius 2 is 1.74 bits per heavy atom. The monoisotopic (exact) mass is 635 g/mol. The summed E-state index contributed by atoms with van der Waals surface area (Å²) in [4.78, 5) is 29.0. The molecule has 1 saturated carbocycles. The maximum Gasteiger partial charge on any atom is 0.340 e. The van der Waals surface area contributed by atoms with E-state index in [1.165, 1.54) is 0 Å². The number of rotatable bonds is 6. The smallest absolute Gasteiger partial charge is 0.340 e. The van der Waals surface area contributed by atoms with Gasteiger partial charge in [-0.25, -0.2) is 9.18 Å². The second kappa shape index (κ2) is 13.3. The number of hydrogen-bond acceptors (Lipinski definition) is 5. The van der Waals surface area contributed by atoms with Crippen molar-refractivity contribution >= 4 is 11.9 Å². The van der Waals surface area contributed by atoms with Crippen LogP contribution in [0.1, 0.15) is 119 Å². The number of carbonyl (C=O) groups is 2. The molecular weight excluding hydrogens is 581 g/mol. The van der Waals surface area contributed by atoms with Crippen LogP contribution in [0.15, 0.2) is 6.07 Å². The van der Waals surface area contributed by atoms with Crippen LogP contribution in [0.4, 0.5) is 4.39 Å². The molecule has 0 radical (unpaired) electrons. The van der Waals surface area contributed by atoms with E-state index in [-0.39, 0.29) is 23.9 Å². The Morgan fingerprint density at radius 3 is 2.39 bits per heavy atom. The Morgan fingerprint density at radius 1 is 1.02 bits per heavy atom. The van der Waals surface area contributed by atoms with Gasteiger partial charge in [0.25, 0.3) is 0 Å². The molecule has 0 saturated heterocycles. The van der Waals surface area contributed by atoms with Crippen LogP contribution in [-0.2, 0) is 38.4 Å². The second-order valence-corrected chi connectivity index (χ2v) is 15.4. The molecule has 0 bridgehead atoms. The first-order valence-corrected chi connectivity index (χ1v) is 17.3. The van der Waals surface area contributed by atoms with Gasteiger partial charge in [0.15, 0.2) is 17.7 Å². The molecule has 0 N–H and O–H groups in total. The number of carbonyl (C=O) groups excluding carboxylic acids is 2. The molecule has 2 heterocycles. The molecule has 0 aromatic heterocycles. The molecule has 1 fully saturated rings. The largest absolute Gasteiger partial charge is 0.490 e. The Bertz CT molecular complexity index is 1510. The number of esters is 1. The zero-order valence-electron chi connectivity index (χ0n) is 29.7. The van der Waals surface area contributed by atoms with Crippen molar-refractivity contribution in [3.05, 3.63) is 50.8 Å². The van der Waals surface area contributed by atoms with E-state index in [1.54, 1.807) is 13.0 Å². The van der Waals surface area contributed by atoms with Crippen molar-refractivity contribution in [2.45, 2.75) is 132 Å². The number of benzene rings is 2. The molecule has 2 aliphatic heterocycles. The third-order valence-corrected chi connectivity index (χ3v) is 10.6. The van der Waals surface area contributed by atoms with Crippen LogP contribution < -0.4 is 4.74 Å². The van der Waals surface area contributed by atoms with Gasteiger partial charge < -0.3 is 19.1 Å². The highest BCUT2D eigenvalue weighted by atomic mass is 19.1. The molecule has 5 rings (SSSR count). The van der Waals surface area contributed by atoms with Crippen molar-refractivity contribution in [2.75, 3.05) is 13.2 Å². The zero-order chi connectivity index (χ0) is 33.7. The number of fused-ring (bicyclic) bond motifs is 2. The van der Waals surface area contributed by atoms with Gasteiger partial charge >= 0.3 is 5.97 Å². The van der Waals surface area contributed by atoms with Gasteiger partial charge in [0.05, 0.1) is 12.2 Å². The highest BCUT2D eigenvalue weighted by molar-refractivity contribution is 5.87. The maximum atomic E-state index is 15.9. The third kappa shape index (κ3) is 6.72. The van der Waals surface area contributed by atoms with E-state index in [4.69, 9.17) is 14.2 Å². The van der Waals surface area contributed by atoms with Gasteiger partial charge in [-0.1, -0.05) is 27.2 Å². The van der Waals surface area contributed by atoms with Crippen molar-refractivity contribution in [3.8, 4) is 16.9 Å². The summed E-state index contributed by atoms with van der Waals surface area (Å²) < 4.78 is 34.9. The van der Waals surface area contributed by atoms with Crippen LogP contribution >= 0.6 is 0 Å². The van der Waals surface area contributed by atoms with Crippen molar-refractivity contribution in [2.24, 2.45) is 17.8 Å². The molecule has 7 heteroatoms. The van der Waals surface area contributed by atoms with Gasteiger partial charge in [-0.2, -0.15) is 0 Å². The van der Waals surface area contributed by atoms with E-state index in [9.17, 15) is 9.59 Å². The van der Waals surface area contributed by atoms with Gasteiger partial charge in [-0.15, -0.1) is 0 Å². The molecule has 3 aliphatic rings. The summed E-state index contributed by atoms with van der Waals surface area (Å²) in [5, 5.41) is 0. The quantitative estimate of drug-likeness (QED) is 0.298. The Kier molecular flexibility index (Phi) is 9.94. The normalized spacial score (nSPS) is 22.2. The average molecular weight is 636 g/mol. The minimum Gasteiger partial charge on any atom is -0.490 e. The molecule has 46 heavy (non-hydrogen) atoms. The van der Waals surface area contributed by atoms with E-state index in [2.05, 4.69) is 27.7 Å². The van der Waals surface area contributed by atoms with Crippen LogP contribution in [0, 0.1) is 44.3 Å². The summed E-state index contributed by atoms with van der Waals surface area (Å²) in [5.41, 5.74) is 7.54. The predicted molar refractivity (Wildman–Crippen MR) is 179 cm³/mol. The number of amides is 1. The van der Waals surface area contributed by atoms with Crippen LogP contribution in [0.3, 0.4) is 0 Å². The van der Waals surface area contributed by atoms with E-state index < -0.39 is 17.5 Å². The first-order chi connectivity index (χ1) is 21.6. The fraction of sp³-hybridized carbons (Fsp3) is 0.641. The van der Waals surface area contributed by atoms with E-state index in [0.29, 0.717) is 43.7 Å². The topological polar surface area (TPSA) is 65.1 Å². The molecule has 2 aromatic carbocycles. The molecule has 252 valence electrons.